The van der Waals surface area contributed by atoms with E-state index in [0.29, 0.717) is 16.5 Å². The van der Waals surface area contributed by atoms with Crippen LogP contribution in [-0.2, 0) is 0 Å². The summed E-state index contributed by atoms with van der Waals surface area (Å²) in [6.07, 6.45) is 0. The highest BCUT2D eigenvalue weighted by Gasteiger charge is 2.19. The van der Waals surface area contributed by atoms with E-state index >= 15 is 0 Å². The molecule has 0 aliphatic rings. The number of thiophene rings is 1. The Hall–Kier alpha value is -0.710. The summed E-state index contributed by atoms with van der Waals surface area (Å²) in [5.41, 5.74) is 2.27. The predicted octanol–water partition coefficient (Wildman–Crippen LogP) is 5.52. The average Bonchev–Trinajstić information content (AvgIpc) is 2.77. The van der Waals surface area contributed by atoms with E-state index < -0.39 is 0 Å². The Labute approximate surface area is 136 Å². The maximum absolute atomic E-state index is 6.37. The van der Waals surface area contributed by atoms with Gasteiger partial charge in [0.05, 0.1) is 19.0 Å². The van der Waals surface area contributed by atoms with Crippen LogP contribution in [0.25, 0.3) is 0 Å². The second-order valence-corrected chi connectivity index (χ2v) is 7.09. The van der Waals surface area contributed by atoms with Crippen LogP contribution in [0.5, 0.6) is 11.5 Å². The van der Waals surface area contributed by atoms with Crippen LogP contribution in [0.3, 0.4) is 0 Å². The van der Waals surface area contributed by atoms with Gasteiger partial charge in [-0.2, -0.15) is 0 Å². The van der Waals surface area contributed by atoms with E-state index in [0.717, 1.165) is 5.56 Å². The summed E-state index contributed by atoms with van der Waals surface area (Å²) in [5, 5.41) is 0.660. The van der Waals surface area contributed by atoms with Gasteiger partial charge in [0.25, 0.3) is 0 Å². The molecule has 5 heteroatoms. The fourth-order valence-electron chi connectivity index (χ4n) is 1.94. The summed E-state index contributed by atoms with van der Waals surface area (Å²) in [4.78, 5) is 2.60. The molecule has 0 amide bonds. The minimum atomic E-state index is 0.0483. The third-order valence-electron chi connectivity index (χ3n) is 3.21. The van der Waals surface area contributed by atoms with E-state index in [-0.39, 0.29) is 4.83 Å². The Morgan fingerprint density at radius 1 is 1.10 bits per heavy atom. The molecule has 2 nitrogen and oxygen atoms in total. The second-order valence-electron chi connectivity index (χ2n) is 4.48. The first-order chi connectivity index (χ1) is 9.47. The first kappa shape index (κ1) is 15.7. The standard InChI is InChI=1S/C15H16BrClO2S/c1-8-5-14(20-9(8)2)15(16)10-6-12(18-3)13(19-4)7-11(10)17/h5-7,15H,1-4H3. The lowest BCUT2D eigenvalue weighted by Gasteiger charge is -2.15. The van der Waals surface area contributed by atoms with Gasteiger partial charge in [-0.15, -0.1) is 11.3 Å². The molecule has 0 aliphatic carbocycles. The van der Waals surface area contributed by atoms with Crippen LogP contribution in [-0.4, -0.2) is 14.2 Å². The Kier molecular flexibility index (Phi) is 4.99. The number of hydrogen-bond donors (Lipinski definition) is 0. The van der Waals surface area contributed by atoms with E-state index in [9.17, 15) is 0 Å². The van der Waals surface area contributed by atoms with E-state index in [1.165, 1.54) is 15.3 Å². The minimum Gasteiger partial charge on any atom is -0.493 e. The van der Waals surface area contributed by atoms with Gasteiger partial charge in [0.1, 0.15) is 0 Å². The number of alkyl halides is 1. The van der Waals surface area contributed by atoms with Gasteiger partial charge in [0.2, 0.25) is 0 Å². The van der Waals surface area contributed by atoms with Gasteiger partial charge in [-0.25, -0.2) is 0 Å². The number of rotatable bonds is 4. The zero-order chi connectivity index (χ0) is 14.9. The summed E-state index contributed by atoms with van der Waals surface area (Å²) in [6, 6.07) is 5.90. The lowest BCUT2D eigenvalue weighted by molar-refractivity contribution is 0.354. The Balaban J connectivity index is 2.46. The monoisotopic (exact) mass is 374 g/mol. The van der Waals surface area contributed by atoms with Crippen LogP contribution in [0.1, 0.15) is 25.7 Å². The molecule has 0 N–H and O–H groups in total. The molecule has 1 aromatic heterocycles. The number of halogens is 2. The summed E-state index contributed by atoms with van der Waals surface area (Å²) in [5.74, 6) is 1.32. The lowest BCUT2D eigenvalue weighted by atomic mass is 10.1. The quantitative estimate of drug-likeness (QED) is 0.655. The summed E-state index contributed by atoms with van der Waals surface area (Å²) in [7, 11) is 3.23. The third-order valence-corrected chi connectivity index (χ3v) is 6.05. The molecule has 1 heterocycles. The largest absolute Gasteiger partial charge is 0.493 e. The molecular formula is C15H16BrClO2S. The van der Waals surface area contributed by atoms with Gasteiger partial charge in [-0.1, -0.05) is 27.5 Å². The van der Waals surface area contributed by atoms with Crippen molar-refractivity contribution in [3.8, 4) is 11.5 Å². The zero-order valence-corrected chi connectivity index (χ0v) is 14.9. The van der Waals surface area contributed by atoms with Gasteiger partial charge >= 0.3 is 0 Å². The molecule has 0 saturated heterocycles. The van der Waals surface area contributed by atoms with Crippen molar-refractivity contribution in [1.82, 2.24) is 0 Å². The first-order valence-corrected chi connectivity index (χ1v) is 8.21. The van der Waals surface area contributed by atoms with Gasteiger partial charge in [-0.3, -0.25) is 0 Å². The highest BCUT2D eigenvalue weighted by atomic mass is 79.9. The van der Waals surface area contributed by atoms with Crippen LogP contribution < -0.4 is 9.47 Å². The maximum atomic E-state index is 6.37. The van der Waals surface area contributed by atoms with Crippen LogP contribution in [0, 0.1) is 13.8 Å². The normalized spacial score (nSPS) is 12.3. The molecule has 0 aliphatic heterocycles. The molecule has 0 radical (unpaired) electrons. The smallest absolute Gasteiger partial charge is 0.162 e. The third kappa shape index (κ3) is 2.97. The van der Waals surface area contributed by atoms with Crippen molar-refractivity contribution < 1.29 is 9.47 Å². The van der Waals surface area contributed by atoms with Crippen molar-refractivity contribution in [2.24, 2.45) is 0 Å². The SMILES string of the molecule is COc1cc(Cl)c(C(Br)c2cc(C)c(C)s2)cc1OC. The molecular weight excluding hydrogens is 360 g/mol. The summed E-state index contributed by atoms with van der Waals surface area (Å²) >= 11 is 11.9. The van der Waals surface area contributed by atoms with E-state index in [1.54, 1.807) is 31.6 Å². The van der Waals surface area contributed by atoms with E-state index in [4.69, 9.17) is 21.1 Å². The lowest BCUT2D eigenvalue weighted by Crippen LogP contribution is -1.96. The van der Waals surface area contributed by atoms with Crippen LogP contribution in [0.2, 0.25) is 5.02 Å². The van der Waals surface area contributed by atoms with Crippen molar-refractivity contribution in [2.75, 3.05) is 14.2 Å². The van der Waals surface area contributed by atoms with E-state index in [2.05, 4.69) is 35.8 Å². The predicted molar refractivity (Wildman–Crippen MR) is 89.1 cm³/mol. The fourth-order valence-corrected chi connectivity index (χ4v) is 4.17. The summed E-state index contributed by atoms with van der Waals surface area (Å²) in [6.45, 7) is 4.24. The second kappa shape index (κ2) is 6.37. The Bertz CT molecular complexity index is 605. The molecule has 2 aromatic rings. The van der Waals surface area contributed by atoms with Gasteiger partial charge in [-0.05, 0) is 37.1 Å². The fraction of sp³-hybridized carbons (Fsp3) is 0.333. The molecule has 20 heavy (non-hydrogen) atoms. The Morgan fingerprint density at radius 3 is 2.20 bits per heavy atom. The number of hydrogen-bond acceptors (Lipinski definition) is 3. The van der Waals surface area contributed by atoms with E-state index in [1.807, 2.05) is 6.07 Å². The van der Waals surface area contributed by atoms with Crippen molar-refractivity contribution in [3.05, 3.63) is 44.1 Å². The zero-order valence-electron chi connectivity index (χ0n) is 11.8. The first-order valence-electron chi connectivity index (χ1n) is 6.10. The highest BCUT2D eigenvalue weighted by Crippen LogP contribution is 2.43. The van der Waals surface area contributed by atoms with Crippen molar-refractivity contribution in [2.45, 2.75) is 18.7 Å². The number of benzene rings is 1. The average molecular weight is 376 g/mol. The molecule has 108 valence electrons. The van der Waals surface area contributed by atoms with Gasteiger partial charge in [0.15, 0.2) is 11.5 Å². The Morgan fingerprint density at radius 2 is 1.70 bits per heavy atom. The number of methoxy groups -OCH3 is 2. The molecule has 1 unspecified atom stereocenters. The molecule has 0 fully saturated rings. The molecule has 1 aromatic carbocycles. The molecule has 2 rings (SSSR count). The highest BCUT2D eigenvalue weighted by molar-refractivity contribution is 9.09. The topological polar surface area (TPSA) is 18.5 Å². The minimum absolute atomic E-state index is 0.0483. The van der Waals surface area contributed by atoms with Crippen LogP contribution in [0.15, 0.2) is 18.2 Å². The maximum Gasteiger partial charge on any atom is 0.162 e. The van der Waals surface area contributed by atoms with Gasteiger partial charge in [0, 0.05) is 20.8 Å². The van der Waals surface area contributed by atoms with Crippen molar-refractivity contribution in [3.63, 3.8) is 0 Å². The molecule has 1 atom stereocenters. The molecule has 0 saturated carbocycles. The van der Waals surface area contributed by atoms with Crippen LogP contribution >= 0.6 is 38.9 Å². The van der Waals surface area contributed by atoms with Crippen molar-refractivity contribution >= 4 is 38.9 Å². The van der Waals surface area contributed by atoms with Gasteiger partial charge < -0.3 is 9.47 Å². The molecule has 0 spiro atoms. The van der Waals surface area contributed by atoms with Crippen LogP contribution in [0.4, 0.5) is 0 Å². The number of aryl methyl sites for hydroxylation is 2. The number of ether oxygens (including phenoxy) is 2. The summed E-state index contributed by atoms with van der Waals surface area (Å²) < 4.78 is 10.6. The molecule has 0 bridgehead atoms. The van der Waals surface area contributed by atoms with Crippen molar-refractivity contribution in [1.29, 1.82) is 0 Å².